The van der Waals surface area contributed by atoms with E-state index in [1.165, 1.54) is 18.3 Å². The van der Waals surface area contributed by atoms with E-state index >= 15 is 0 Å². The molecule has 0 atom stereocenters. The van der Waals surface area contributed by atoms with Crippen LogP contribution in [0.4, 0.5) is 4.39 Å². The Bertz CT molecular complexity index is 573. The van der Waals surface area contributed by atoms with E-state index in [4.69, 9.17) is 0 Å². The second-order valence-corrected chi connectivity index (χ2v) is 3.89. The fourth-order valence-electron chi connectivity index (χ4n) is 1.47. The van der Waals surface area contributed by atoms with Crippen molar-refractivity contribution in [3.8, 4) is 0 Å². The van der Waals surface area contributed by atoms with E-state index in [1.807, 2.05) is 18.2 Å². The first-order chi connectivity index (χ1) is 9.24. The van der Waals surface area contributed by atoms with Crippen LogP contribution in [0, 0.1) is 5.82 Å². The average molecular weight is 294 g/mol. The molecule has 20 heavy (non-hydrogen) atoms. The van der Waals surface area contributed by atoms with Crippen LogP contribution in [0.2, 0.25) is 0 Å². The fraction of sp³-hybridized carbons (Fsp3) is 0.0714. The molecular formula is C14H13ClFN3O. The molecule has 0 fully saturated rings. The van der Waals surface area contributed by atoms with E-state index in [-0.39, 0.29) is 30.7 Å². The summed E-state index contributed by atoms with van der Waals surface area (Å²) < 4.78 is 14.4. The van der Waals surface area contributed by atoms with Gasteiger partial charge in [-0.25, -0.2) is 9.82 Å². The number of nitrogens with one attached hydrogen (secondary N) is 1. The molecule has 0 aliphatic carbocycles. The van der Waals surface area contributed by atoms with Crippen LogP contribution in [0.1, 0.15) is 5.56 Å². The summed E-state index contributed by atoms with van der Waals surface area (Å²) in [6.07, 6.45) is 5.06. The summed E-state index contributed by atoms with van der Waals surface area (Å²) in [7, 11) is 0. The standard InChI is InChI=1S/C14H12FN3O.ClH/c15-13-6-4-12(5-7-13)10-16-17-14(19)11-18-8-2-1-3-9-18;/h1-10H,11H2;1H. The number of hydrazone groups is 1. The second kappa shape index (κ2) is 8.01. The minimum absolute atomic E-state index is 0. The van der Waals surface area contributed by atoms with Crippen molar-refractivity contribution in [2.45, 2.75) is 6.54 Å². The van der Waals surface area contributed by atoms with Crippen molar-refractivity contribution in [1.82, 2.24) is 5.43 Å². The van der Waals surface area contributed by atoms with Crippen molar-refractivity contribution >= 4 is 12.1 Å². The van der Waals surface area contributed by atoms with E-state index in [0.29, 0.717) is 5.56 Å². The Labute approximate surface area is 122 Å². The van der Waals surface area contributed by atoms with Crippen molar-refractivity contribution < 1.29 is 26.2 Å². The van der Waals surface area contributed by atoms with Gasteiger partial charge in [-0.15, -0.1) is 0 Å². The van der Waals surface area contributed by atoms with Crippen molar-refractivity contribution in [2.75, 3.05) is 0 Å². The predicted octanol–water partition coefficient (Wildman–Crippen LogP) is -1.73. The maximum atomic E-state index is 12.7. The highest BCUT2D eigenvalue weighted by Crippen LogP contribution is 1.99. The maximum absolute atomic E-state index is 12.7. The zero-order chi connectivity index (χ0) is 13.5. The molecule has 0 unspecified atom stereocenters. The SMILES string of the molecule is O=C(C[n+]1ccccc1)NN=Cc1ccc(F)cc1.[Cl-]. The van der Waals surface area contributed by atoms with Crippen molar-refractivity contribution in [2.24, 2.45) is 5.10 Å². The predicted molar refractivity (Wildman–Crippen MR) is 68.8 cm³/mol. The van der Waals surface area contributed by atoms with Gasteiger partial charge in [0, 0.05) is 12.1 Å². The summed E-state index contributed by atoms with van der Waals surface area (Å²) in [6.45, 7) is 0.196. The summed E-state index contributed by atoms with van der Waals surface area (Å²) >= 11 is 0. The summed E-state index contributed by atoms with van der Waals surface area (Å²) in [5.74, 6) is -0.531. The highest BCUT2D eigenvalue weighted by molar-refractivity contribution is 5.81. The zero-order valence-electron chi connectivity index (χ0n) is 10.5. The van der Waals surface area contributed by atoms with E-state index in [9.17, 15) is 9.18 Å². The number of rotatable bonds is 4. The molecule has 0 saturated heterocycles. The normalized spacial score (nSPS) is 10.1. The van der Waals surface area contributed by atoms with Crippen LogP contribution in [0.25, 0.3) is 0 Å². The minimum atomic E-state index is -0.304. The van der Waals surface area contributed by atoms with Crippen LogP contribution in [0.15, 0.2) is 60.0 Å². The lowest BCUT2D eigenvalue weighted by atomic mass is 10.2. The van der Waals surface area contributed by atoms with Crippen LogP contribution in [0.3, 0.4) is 0 Å². The zero-order valence-corrected chi connectivity index (χ0v) is 11.3. The number of hydrogen-bond donors (Lipinski definition) is 1. The lowest BCUT2D eigenvalue weighted by Crippen LogP contribution is -3.00. The molecule has 1 aromatic heterocycles. The molecular weight excluding hydrogens is 281 g/mol. The number of aromatic nitrogens is 1. The summed E-state index contributed by atoms with van der Waals surface area (Å²) in [6, 6.07) is 11.4. The van der Waals surface area contributed by atoms with Crippen LogP contribution in [-0.2, 0) is 11.3 Å². The molecule has 1 amide bonds. The van der Waals surface area contributed by atoms with Gasteiger partial charge in [0.15, 0.2) is 12.4 Å². The molecule has 2 rings (SSSR count). The molecule has 0 spiro atoms. The summed E-state index contributed by atoms with van der Waals surface area (Å²) in [4.78, 5) is 11.6. The van der Waals surface area contributed by atoms with E-state index in [2.05, 4.69) is 10.5 Å². The first-order valence-electron chi connectivity index (χ1n) is 5.75. The molecule has 1 N–H and O–H groups in total. The Morgan fingerprint density at radius 3 is 2.50 bits per heavy atom. The quantitative estimate of drug-likeness (QED) is 0.406. The van der Waals surface area contributed by atoms with Crippen molar-refractivity contribution in [3.63, 3.8) is 0 Å². The number of benzene rings is 1. The monoisotopic (exact) mass is 293 g/mol. The number of amides is 1. The molecule has 104 valence electrons. The summed E-state index contributed by atoms with van der Waals surface area (Å²) in [5.41, 5.74) is 3.13. The van der Waals surface area contributed by atoms with Gasteiger partial charge in [0.2, 0.25) is 6.54 Å². The maximum Gasteiger partial charge on any atom is 0.305 e. The number of pyridine rings is 1. The highest BCUT2D eigenvalue weighted by atomic mass is 35.5. The molecule has 0 aliphatic heterocycles. The molecule has 2 aromatic rings. The topological polar surface area (TPSA) is 45.3 Å². The number of halogens is 2. The number of nitrogens with zero attached hydrogens (tertiary/aromatic N) is 2. The van der Waals surface area contributed by atoms with Gasteiger partial charge in [-0.2, -0.15) is 9.67 Å². The van der Waals surface area contributed by atoms with E-state index in [1.54, 1.807) is 29.1 Å². The molecule has 6 heteroatoms. The van der Waals surface area contributed by atoms with Crippen LogP contribution < -0.4 is 22.4 Å². The van der Waals surface area contributed by atoms with Crippen molar-refractivity contribution in [1.29, 1.82) is 0 Å². The molecule has 0 bridgehead atoms. The Morgan fingerprint density at radius 1 is 1.20 bits per heavy atom. The number of carbonyl (C=O) groups excluding carboxylic acids is 1. The van der Waals surface area contributed by atoms with Gasteiger partial charge in [-0.05, 0) is 17.7 Å². The fourth-order valence-corrected chi connectivity index (χ4v) is 1.47. The molecule has 1 heterocycles. The molecule has 4 nitrogen and oxygen atoms in total. The van der Waals surface area contributed by atoms with E-state index < -0.39 is 0 Å². The third-order valence-electron chi connectivity index (χ3n) is 2.38. The summed E-state index contributed by atoms with van der Waals surface area (Å²) in [5, 5.41) is 3.81. The van der Waals surface area contributed by atoms with Gasteiger partial charge >= 0.3 is 5.91 Å². The average Bonchev–Trinajstić information content (AvgIpc) is 2.42. The minimum Gasteiger partial charge on any atom is -1.00 e. The molecule has 1 aromatic carbocycles. The van der Waals surface area contributed by atoms with Crippen LogP contribution in [-0.4, -0.2) is 12.1 Å². The van der Waals surface area contributed by atoms with Crippen LogP contribution in [0.5, 0.6) is 0 Å². The van der Waals surface area contributed by atoms with Gasteiger partial charge in [-0.1, -0.05) is 18.2 Å². The van der Waals surface area contributed by atoms with Gasteiger partial charge in [0.05, 0.1) is 6.21 Å². The van der Waals surface area contributed by atoms with Gasteiger partial charge in [0.1, 0.15) is 5.82 Å². The Morgan fingerprint density at radius 2 is 1.85 bits per heavy atom. The lowest BCUT2D eigenvalue weighted by molar-refractivity contribution is -0.684. The molecule has 0 saturated carbocycles. The Hall–Kier alpha value is -2.27. The molecule has 0 aliphatic rings. The van der Waals surface area contributed by atoms with Gasteiger partial charge in [0.25, 0.3) is 0 Å². The van der Waals surface area contributed by atoms with Gasteiger partial charge < -0.3 is 12.4 Å². The lowest BCUT2D eigenvalue weighted by Gasteiger charge is -1.96. The second-order valence-electron chi connectivity index (χ2n) is 3.89. The third-order valence-corrected chi connectivity index (χ3v) is 2.38. The number of carbonyl (C=O) groups is 1. The highest BCUT2D eigenvalue weighted by Gasteiger charge is 2.06. The largest absolute Gasteiger partial charge is 1.00 e. The smallest absolute Gasteiger partial charge is 0.305 e. The first kappa shape index (κ1) is 15.8. The van der Waals surface area contributed by atoms with Crippen LogP contribution >= 0.6 is 0 Å². The van der Waals surface area contributed by atoms with Gasteiger partial charge in [-0.3, -0.25) is 4.79 Å². The number of hydrogen-bond acceptors (Lipinski definition) is 2. The van der Waals surface area contributed by atoms with Crippen molar-refractivity contribution in [3.05, 3.63) is 66.2 Å². The Kier molecular flexibility index (Phi) is 6.32. The third kappa shape index (κ3) is 5.16. The van der Waals surface area contributed by atoms with E-state index in [0.717, 1.165) is 0 Å². The Balaban J connectivity index is 0.00000200. The first-order valence-corrected chi connectivity index (χ1v) is 5.75. The molecule has 0 radical (unpaired) electrons.